The van der Waals surface area contributed by atoms with E-state index in [-0.39, 0.29) is 5.41 Å². The number of aryl methyl sites for hydroxylation is 1. The van der Waals surface area contributed by atoms with E-state index in [2.05, 4.69) is 29.2 Å². The van der Waals surface area contributed by atoms with Crippen LogP contribution in [0.5, 0.6) is 0 Å². The fourth-order valence-corrected chi connectivity index (χ4v) is 7.20. The van der Waals surface area contributed by atoms with Crippen molar-refractivity contribution < 1.29 is 4.55 Å². The molecule has 39 heavy (non-hydrogen) atoms. The van der Waals surface area contributed by atoms with Gasteiger partial charge >= 0.3 is 0 Å². The van der Waals surface area contributed by atoms with E-state index in [1.807, 2.05) is 37.6 Å². The van der Waals surface area contributed by atoms with Gasteiger partial charge in [0.25, 0.3) is 0 Å². The van der Waals surface area contributed by atoms with E-state index < -0.39 is 16.1 Å². The quantitative estimate of drug-likeness (QED) is 0.287. The lowest BCUT2D eigenvalue weighted by Gasteiger charge is -2.45. The summed E-state index contributed by atoms with van der Waals surface area (Å²) in [6.07, 6.45) is 5.66. The summed E-state index contributed by atoms with van der Waals surface area (Å²) in [5.41, 5.74) is 5.15. The monoisotopic (exact) mass is 582 g/mol. The Balaban J connectivity index is 1.27. The number of benzene rings is 2. The highest BCUT2D eigenvalue weighted by Crippen LogP contribution is 2.56. The van der Waals surface area contributed by atoms with Crippen LogP contribution in [0.3, 0.4) is 0 Å². The zero-order valence-electron chi connectivity index (χ0n) is 22.3. The molecular formula is C29H32Cl2N6OS. The summed E-state index contributed by atoms with van der Waals surface area (Å²) < 4.78 is 13.9. The Morgan fingerprint density at radius 2 is 1.85 bits per heavy atom. The zero-order valence-corrected chi connectivity index (χ0v) is 24.7. The van der Waals surface area contributed by atoms with Crippen LogP contribution >= 0.6 is 23.2 Å². The van der Waals surface area contributed by atoms with Crippen molar-refractivity contribution in [3.63, 3.8) is 0 Å². The largest absolute Gasteiger partial charge is 0.598 e. The molecule has 204 valence electrons. The van der Waals surface area contributed by atoms with Crippen LogP contribution in [0.1, 0.15) is 50.2 Å². The van der Waals surface area contributed by atoms with Gasteiger partial charge in [0, 0.05) is 43.5 Å². The second-order valence-corrected chi connectivity index (χ2v) is 14.0. The van der Waals surface area contributed by atoms with Gasteiger partial charge in [0.05, 0.1) is 16.2 Å². The number of fused-ring (bicyclic) bond motifs is 2. The van der Waals surface area contributed by atoms with E-state index in [4.69, 9.17) is 43.3 Å². The van der Waals surface area contributed by atoms with Crippen molar-refractivity contribution in [2.45, 2.75) is 50.2 Å². The van der Waals surface area contributed by atoms with Crippen molar-refractivity contribution in [3.8, 4) is 11.4 Å². The Hall–Kier alpha value is -2.36. The molecule has 1 fully saturated rings. The Morgan fingerprint density at radius 1 is 1.10 bits per heavy atom. The van der Waals surface area contributed by atoms with E-state index in [1.165, 1.54) is 11.1 Å². The Kier molecular flexibility index (Phi) is 6.83. The molecule has 6 rings (SSSR count). The molecule has 2 aromatic carbocycles. The van der Waals surface area contributed by atoms with Gasteiger partial charge in [-0.15, -0.1) is 0 Å². The SMILES string of the molecule is Cn1c(-c2cccc(Cl)c2Cl)nc2cnc(N3CCC4(CC3)Cc3ccccc3[C@H]4CC(C)(C)[S+](N)[O-])nc21. The topological polar surface area (TPSA) is 95.9 Å². The van der Waals surface area contributed by atoms with Crippen molar-refractivity contribution in [1.82, 2.24) is 19.5 Å². The van der Waals surface area contributed by atoms with E-state index in [1.54, 1.807) is 12.3 Å². The first kappa shape index (κ1) is 26.8. The average Bonchev–Trinajstić information content (AvgIpc) is 3.40. The third-order valence-electron chi connectivity index (χ3n) is 8.79. The molecule has 7 nitrogen and oxygen atoms in total. The number of nitrogens with zero attached hydrogens (tertiary/aromatic N) is 5. The molecule has 1 unspecified atom stereocenters. The normalized spacial score (nSPS) is 19.6. The molecule has 2 N–H and O–H groups in total. The molecule has 2 aromatic heterocycles. The highest BCUT2D eigenvalue weighted by molar-refractivity contribution is 7.90. The molecule has 2 atom stereocenters. The minimum atomic E-state index is -1.39. The van der Waals surface area contributed by atoms with Gasteiger partial charge in [-0.25, -0.2) is 9.97 Å². The van der Waals surface area contributed by atoms with Crippen LogP contribution in [-0.2, 0) is 24.8 Å². The minimum Gasteiger partial charge on any atom is -0.598 e. The summed E-state index contributed by atoms with van der Waals surface area (Å²) in [5.74, 6) is 1.73. The first-order valence-corrected chi connectivity index (χ1v) is 15.2. The van der Waals surface area contributed by atoms with Crippen LogP contribution < -0.4 is 10.0 Å². The van der Waals surface area contributed by atoms with Gasteiger partial charge in [-0.1, -0.05) is 53.5 Å². The predicted molar refractivity (Wildman–Crippen MR) is 160 cm³/mol. The summed E-state index contributed by atoms with van der Waals surface area (Å²) in [6.45, 7) is 5.75. The third-order valence-corrected chi connectivity index (χ3v) is 10.9. The lowest BCUT2D eigenvalue weighted by atomic mass is 9.67. The van der Waals surface area contributed by atoms with Crippen molar-refractivity contribution in [2.24, 2.45) is 17.6 Å². The van der Waals surface area contributed by atoms with Crippen molar-refractivity contribution in [2.75, 3.05) is 18.0 Å². The van der Waals surface area contributed by atoms with E-state index in [9.17, 15) is 4.55 Å². The van der Waals surface area contributed by atoms with Gasteiger partial charge in [0.1, 0.15) is 16.1 Å². The zero-order chi connectivity index (χ0) is 27.5. The molecule has 1 aliphatic carbocycles. The highest BCUT2D eigenvalue weighted by Gasteiger charge is 2.50. The molecule has 4 aromatic rings. The maximum Gasteiger partial charge on any atom is 0.227 e. The molecular weight excluding hydrogens is 551 g/mol. The van der Waals surface area contributed by atoms with Crippen LogP contribution in [0, 0.1) is 5.41 Å². The third kappa shape index (κ3) is 4.60. The van der Waals surface area contributed by atoms with Crippen molar-refractivity contribution in [1.29, 1.82) is 0 Å². The smallest absolute Gasteiger partial charge is 0.227 e. The molecule has 2 aliphatic rings. The van der Waals surface area contributed by atoms with E-state index in [0.29, 0.717) is 33.3 Å². The number of halogens is 2. The molecule has 1 spiro atoms. The molecule has 10 heteroatoms. The standard InChI is InChI=1S/C29H32Cl2N6OS/c1-28(2,39(32)38)16-21-19-8-5-4-7-18(19)15-29(21)11-13-37(14-12-29)27-33-17-23-26(35-27)36(3)25(34-23)20-9-6-10-22(30)24(20)31/h4-10,17,21H,11-16,32H2,1-3H3/t21-,39?/m1/s1. The molecule has 3 heterocycles. The van der Waals surface area contributed by atoms with Gasteiger partial charge < -0.3 is 14.0 Å². The van der Waals surface area contributed by atoms with Gasteiger partial charge in [-0.2, -0.15) is 10.1 Å². The number of anilines is 1. The number of piperidine rings is 1. The first-order chi connectivity index (χ1) is 18.6. The maximum atomic E-state index is 12.4. The maximum absolute atomic E-state index is 12.4. The van der Waals surface area contributed by atoms with Crippen LogP contribution in [0.2, 0.25) is 10.0 Å². The van der Waals surface area contributed by atoms with Gasteiger partial charge in [0.2, 0.25) is 5.95 Å². The van der Waals surface area contributed by atoms with Crippen molar-refractivity contribution >= 4 is 51.7 Å². The van der Waals surface area contributed by atoms with Crippen molar-refractivity contribution in [3.05, 3.63) is 69.8 Å². The molecule has 0 bridgehead atoms. The second-order valence-electron chi connectivity index (χ2n) is 11.5. The van der Waals surface area contributed by atoms with Crippen LogP contribution in [0.4, 0.5) is 5.95 Å². The van der Waals surface area contributed by atoms with Gasteiger partial charge in [0.15, 0.2) is 5.65 Å². The number of imidazole rings is 1. The molecule has 1 saturated heterocycles. The highest BCUT2D eigenvalue weighted by atomic mass is 35.5. The molecule has 0 radical (unpaired) electrons. The molecule has 0 saturated carbocycles. The summed E-state index contributed by atoms with van der Waals surface area (Å²) in [6, 6.07) is 14.3. The lowest BCUT2D eigenvalue weighted by Crippen LogP contribution is -2.46. The van der Waals surface area contributed by atoms with E-state index >= 15 is 0 Å². The second kappa shape index (κ2) is 9.93. The summed E-state index contributed by atoms with van der Waals surface area (Å²) in [4.78, 5) is 16.7. The Labute approximate surface area is 242 Å². The number of aromatic nitrogens is 4. The van der Waals surface area contributed by atoms with Gasteiger partial charge in [-0.3, -0.25) is 0 Å². The van der Waals surface area contributed by atoms with Crippen LogP contribution in [-0.4, -0.2) is 41.9 Å². The lowest BCUT2D eigenvalue weighted by molar-refractivity contribution is 0.169. The number of hydrogen-bond donors (Lipinski definition) is 1. The summed E-state index contributed by atoms with van der Waals surface area (Å²) >= 11 is 11.4. The van der Waals surface area contributed by atoms with Gasteiger partial charge in [-0.05, 0) is 67.7 Å². The minimum absolute atomic E-state index is 0.115. The fourth-order valence-electron chi connectivity index (χ4n) is 6.49. The van der Waals surface area contributed by atoms with Crippen LogP contribution in [0.15, 0.2) is 48.7 Å². The average molecular weight is 584 g/mol. The summed E-state index contributed by atoms with van der Waals surface area (Å²) in [7, 11) is 1.94. The number of rotatable bonds is 5. The Morgan fingerprint density at radius 3 is 2.59 bits per heavy atom. The molecule has 1 aliphatic heterocycles. The predicted octanol–water partition coefficient (Wildman–Crippen LogP) is 6.05. The number of hydrogen-bond acceptors (Lipinski definition) is 6. The fraction of sp³-hybridized carbons (Fsp3) is 0.414. The number of nitrogens with two attached hydrogens (primary N) is 1. The van der Waals surface area contributed by atoms with E-state index in [0.717, 1.165) is 50.0 Å². The first-order valence-electron chi connectivity index (χ1n) is 13.2. The molecule has 0 amide bonds. The van der Waals surface area contributed by atoms with Crippen LogP contribution in [0.25, 0.3) is 22.6 Å². The summed E-state index contributed by atoms with van der Waals surface area (Å²) in [5, 5.41) is 6.89. The Bertz CT molecular complexity index is 1550.